The fourth-order valence-electron chi connectivity index (χ4n) is 2.02. The predicted molar refractivity (Wildman–Crippen MR) is 84.8 cm³/mol. The van der Waals surface area contributed by atoms with Gasteiger partial charge in [0, 0.05) is 24.9 Å². The number of hydrogen-bond donors (Lipinski definition) is 0. The van der Waals surface area contributed by atoms with Crippen LogP contribution in [0.25, 0.3) is 0 Å². The largest absolute Gasteiger partial charge is 0.333 e. The fraction of sp³-hybridized carbons (Fsp3) is 0.533. The summed E-state index contributed by atoms with van der Waals surface area (Å²) in [6.07, 6.45) is 2.50. The molecule has 2 aromatic heterocycles. The van der Waals surface area contributed by atoms with Gasteiger partial charge < -0.3 is 4.90 Å². The van der Waals surface area contributed by atoms with Crippen LogP contribution in [-0.2, 0) is 12.0 Å². The molecular weight excluding hydrogens is 322 g/mol. The third-order valence-electron chi connectivity index (χ3n) is 3.32. The highest BCUT2D eigenvalue weighted by Gasteiger charge is 2.25. The number of rotatable bonds is 4. The third kappa shape index (κ3) is 3.74. The number of carbonyl (C=O) groups is 1. The zero-order valence-corrected chi connectivity index (χ0v) is 14.6. The maximum absolute atomic E-state index is 12.8. The molecule has 0 aliphatic heterocycles. The van der Waals surface area contributed by atoms with Crippen LogP contribution in [0.2, 0.25) is 0 Å². The molecule has 0 aromatic carbocycles. The molecule has 0 aliphatic carbocycles. The van der Waals surface area contributed by atoms with Crippen molar-refractivity contribution >= 4 is 17.2 Å². The van der Waals surface area contributed by atoms with Gasteiger partial charge in [-0.05, 0) is 6.92 Å². The summed E-state index contributed by atoms with van der Waals surface area (Å²) in [7, 11) is 1.57. The number of thiazole rings is 1. The summed E-state index contributed by atoms with van der Waals surface area (Å²) >= 11 is 1.35. The molecule has 0 unspecified atom stereocenters. The van der Waals surface area contributed by atoms with Crippen LogP contribution in [0.1, 0.15) is 53.5 Å². The van der Waals surface area contributed by atoms with E-state index in [1.165, 1.54) is 28.6 Å². The number of alkyl halides is 2. The van der Waals surface area contributed by atoms with Gasteiger partial charge in [0.1, 0.15) is 10.7 Å². The maximum atomic E-state index is 12.8. The van der Waals surface area contributed by atoms with E-state index in [1.54, 1.807) is 14.0 Å². The van der Waals surface area contributed by atoms with Gasteiger partial charge in [-0.1, -0.05) is 20.8 Å². The van der Waals surface area contributed by atoms with E-state index < -0.39 is 6.55 Å². The van der Waals surface area contributed by atoms with Crippen LogP contribution < -0.4 is 0 Å². The lowest BCUT2D eigenvalue weighted by Crippen LogP contribution is -2.27. The molecule has 2 rings (SSSR count). The topological polar surface area (TPSA) is 51.0 Å². The number of aromatic nitrogens is 3. The number of aryl methyl sites for hydroxylation is 1. The zero-order valence-electron chi connectivity index (χ0n) is 13.8. The van der Waals surface area contributed by atoms with Gasteiger partial charge >= 0.3 is 6.55 Å². The van der Waals surface area contributed by atoms with E-state index in [0.717, 1.165) is 9.57 Å². The summed E-state index contributed by atoms with van der Waals surface area (Å²) in [4.78, 5) is 22.9. The Morgan fingerprint density at radius 3 is 2.61 bits per heavy atom. The Morgan fingerprint density at radius 2 is 2.09 bits per heavy atom. The summed E-state index contributed by atoms with van der Waals surface area (Å²) in [6.45, 7) is 5.22. The third-order valence-corrected chi connectivity index (χ3v) is 4.89. The van der Waals surface area contributed by atoms with E-state index in [2.05, 4.69) is 9.97 Å². The van der Waals surface area contributed by atoms with Gasteiger partial charge in [0.25, 0.3) is 5.91 Å². The highest BCUT2D eigenvalue weighted by Crippen LogP contribution is 2.30. The van der Waals surface area contributed by atoms with Gasteiger partial charge in [-0.25, -0.2) is 9.97 Å². The highest BCUT2D eigenvalue weighted by atomic mass is 32.1. The van der Waals surface area contributed by atoms with Crippen LogP contribution in [0, 0.1) is 6.92 Å². The molecule has 8 heteroatoms. The Kier molecular flexibility index (Phi) is 4.84. The zero-order chi connectivity index (χ0) is 17.4. The standard InChI is InChI=1S/C15H20F2N4OS/c1-9-11(23-13(19-9)15(2,3)4)12(22)20(5)8-10-18-6-7-21(10)14(16)17/h6-7,14H,8H2,1-5H3. The molecule has 0 fully saturated rings. The molecule has 0 atom stereocenters. The predicted octanol–water partition coefficient (Wildman–Crippen LogP) is 3.61. The van der Waals surface area contributed by atoms with E-state index in [1.807, 2.05) is 20.8 Å². The first-order valence-corrected chi connectivity index (χ1v) is 7.96. The van der Waals surface area contributed by atoms with Crippen LogP contribution in [-0.4, -0.2) is 32.4 Å². The average Bonchev–Trinajstić information content (AvgIpc) is 3.03. The number of imidazole rings is 1. The second-order valence-electron chi connectivity index (χ2n) is 6.37. The average molecular weight is 342 g/mol. The van der Waals surface area contributed by atoms with Gasteiger partial charge in [-0.2, -0.15) is 8.78 Å². The van der Waals surface area contributed by atoms with Crippen molar-refractivity contribution in [2.75, 3.05) is 7.05 Å². The monoisotopic (exact) mass is 342 g/mol. The van der Waals surface area contributed by atoms with Crippen molar-refractivity contribution < 1.29 is 13.6 Å². The normalized spacial score (nSPS) is 12.0. The number of nitrogens with zero attached hydrogens (tertiary/aromatic N) is 4. The van der Waals surface area contributed by atoms with E-state index in [-0.39, 0.29) is 23.7 Å². The molecule has 0 saturated heterocycles. The van der Waals surface area contributed by atoms with E-state index in [4.69, 9.17) is 0 Å². The van der Waals surface area contributed by atoms with E-state index in [0.29, 0.717) is 10.6 Å². The van der Waals surface area contributed by atoms with Crippen molar-refractivity contribution in [3.63, 3.8) is 0 Å². The molecular formula is C15H20F2N4OS. The summed E-state index contributed by atoms with van der Waals surface area (Å²) in [6, 6.07) is 0. The number of carbonyl (C=O) groups excluding carboxylic acids is 1. The van der Waals surface area contributed by atoms with Gasteiger partial charge in [-0.3, -0.25) is 9.36 Å². The van der Waals surface area contributed by atoms with Crippen molar-refractivity contribution in [1.29, 1.82) is 0 Å². The molecule has 1 amide bonds. The minimum Gasteiger partial charge on any atom is -0.333 e. The Balaban J connectivity index is 2.20. The molecule has 0 spiro atoms. The minimum atomic E-state index is -2.67. The van der Waals surface area contributed by atoms with E-state index >= 15 is 0 Å². The van der Waals surface area contributed by atoms with Crippen LogP contribution >= 0.6 is 11.3 Å². The number of halogens is 2. The lowest BCUT2D eigenvalue weighted by molar-refractivity contribution is 0.0613. The quantitative estimate of drug-likeness (QED) is 0.853. The van der Waals surface area contributed by atoms with Crippen LogP contribution in [0.4, 0.5) is 8.78 Å². The van der Waals surface area contributed by atoms with Crippen LogP contribution in [0.5, 0.6) is 0 Å². The fourth-order valence-corrected chi connectivity index (χ4v) is 3.14. The molecule has 0 bridgehead atoms. The first-order valence-electron chi connectivity index (χ1n) is 7.14. The molecule has 0 N–H and O–H groups in total. The molecule has 0 radical (unpaired) electrons. The molecule has 0 aliphatic rings. The Hall–Kier alpha value is -1.83. The molecule has 2 aromatic rings. The smallest absolute Gasteiger partial charge is 0.319 e. The van der Waals surface area contributed by atoms with Crippen molar-refractivity contribution in [1.82, 2.24) is 19.4 Å². The first kappa shape index (κ1) is 17.5. The van der Waals surface area contributed by atoms with Crippen molar-refractivity contribution in [2.24, 2.45) is 0 Å². The Bertz CT molecular complexity index is 703. The lowest BCUT2D eigenvalue weighted by atomic mass is 9.98. The first-order chi connectivity index (χ1) is 10.6. The highest BCUT2D eigenvalue weighted by molar-refractivity contribution is 7.14. The minimum absolute atomic E-state index is 0.0123. The summed E-state index contributed by atoms with van der Waals surface area (Å²) in [5.41, 5.74) is 0.521. The summed E-state index contributed by atoms with van der Waals surface area (Å²) in [5.74, 6) is -0.0895. The lowest BCUT2D eigenvalue weighted by Gasteiger charge is -2.17. The number of amides is 1. The second kappa shape index (κ2) is 6.35. The van der Waals surface area contributed by atoms with Crippen LogP contribution in [0.15, 0.2) is 12.4 Å². The Morgan fingerprint density at radius 1 is 1.43 bits per heavy atom. The van der Waals surface area contributed by atoms with Crippen molar-refractivity contribution in [3.05, 3.63) is 33.8 Å². The van der Waals surface area contributed by atoms with Crippen molar-refractivity contribution in [2.45, 2.75) is 46.2 Å². The maximum Gasteiger partial charge on any atom is 0.319 e. The van der Waals surface area contributed by atoms with Gasteiger partial charge in [0.05, 0.1) is 17.2 Å². The molecule has 0 saturated carbocycles. The van der Waals surface area contributed by atoms with Gasteiger partial charge in [0.15, 0.2) is 0 Å². The SMILES string of the molecule is Cc1nc(C(C)(C)C)sc1C(=O)N(C)Cc1nccn1C(F)F. The Labute approximate surface area is 138 Å². The van der Waals surface area contributed by atoms with Gasteiger partial charge in [0.2, 0.25) is 0 Å². The molecule has 126 valence electrons. The number of hydrogen-bond acceptors (Lipinski definition) is 4. The van der Waals surface area contributed by atoms with Gasteiger partial charge in [-0.15, -0.1) is 11.3 Å². The van der Waals surface area contributed by atoms with Crippen LogP contribution in [0.3, 0.4) is 0 Å². The summed E-state index contributed by atoms with van der Waals surface area (Å²) < 4.78 is 26.4. The second-order valence-corrected chi connectivity index (χ2v) is 7.37. The molecule has 2 heterocycles. The summed E-state index contributed by atoms with van der Waals surface area (Å²) in [5, 5.41) is 0.876. The molecule has 5 nitrogen and oxygen atoms in total. The van der Waals surface area contributed by atoms with E-state index in [9.17, 15) is 13.6 Å². The molecule has 23 heavy (non-hydrogen) atoms. The van der Waals surface area contributed by atoms with Crippen molar-refractivity contribution in [3.8, 4) is 0 Å².